The van der Waals surface area contributed by atoms with Crippen LogP contribution in [0.4, 0.5) is 0 Å². The van der Waals surface area contributed by atoms with Crippen molar-refractivity contribution in [3.05, 3.63) is 26.9 Å². The van der Waals surface area contributed by atoms with E-state index in [0.717, 1.165) is 11.3 Å². The lowest BCUT2D eigenvalue weighted by Crippen LogP contribution is -2.49. The Morgan fingerprint density at radius 2 is 2.05 bits per heavy atom. The average Bonchev–Trinajstić information content (AvgIpc) is 2.72. The monoisotopic (exact) mass is 382 g/mol. The van der Waals surface area contributed by atoms with Crippen molar-refractivity contribution in [2.45, 2.75) is 29.8 Å². The molecule has 2 rings (SSSR count). The van der Waals surface area contributed by atoms with Gasteiger partial charge in [0, 0.05) is 12.5 Å². The highest BCUT2D eigenvalue weighted by atomic mass is 35.5. The minimum atomic E-state index is -3.82. The molecule has 2 atom stereocenters. The maximum absolute atomic E-state index is 12.5. The Morgan fingerprint density at radius 3 is 2.55 bits per heavy atom. The van der Waals surface area contributed by atoms with Crippen molar-refractivity contribution in [1.29, 1.82) is 0 Å². The van der Waals surface area contributed by atoms with Crippen LogP contribution in [0.1, 0.15) is 12.8 Å². The fraction of sp³-hybridized carbons (Fsp3) is 0.462. The summed E-state index contributed by atoms with van der Waals surface area (Å²) >= 11 is 12.7. The molecule has 2 unspecified atom stereocenters. The smallest absolute Gasteiger partial charge is 0.243 e. The van der Waals surface area contributed by atoms with E-state index in [4.69, 9.17) is 23.2 Å². The molecule has 9 heteroatoms. The Hall–Kier alpha value is -0.440. The summed E-state index contributed by atoms with van der Waals surface area (Å²) in [5.74, 6) is 0.0436. The molecule has 0 aromatic carbocycles. The van der Waals surface area contributed by atoms with Gasteiger partial charge < -0.3 is 0 Å². The number of thiophene rings is 1. The molecule has 1 aliphatic carbocycles. The molecule has 1 aromatic rings. The highest BCUT2D eigenvalue weighted by Crippen LogP contribution is 2.35. The summed E-state index contributed by atoms with van der Waals surface area (Å²) in [6, 6.07) is 0.324. The van der Waals surface area contributed by atoms with E-state index in [1.54, 1.807) is 19.0 Å². The van der Waals surface area contributed by atoms with Crippen LogP contribution in [0.3, 0.4) is 0 Å². The molecular weight excluding hydrogens is 367 g/mol. The van der Waals surface area contributed by atoms with Crippen LogP contribution in [-0.4, -0.2) is 45.3 Å². The van der Waals surface area contributed by atoms with Crippen LogP contribution in [0, 0.1) is 0 Å². The van der Waals surface area contributed by atoms with Crippen molar-refractivity contribution in [2.24, 2.45) is 0 Å². The van der Waals surface area contributed by atoms with Crippen molar-refractivity contribution in [2.75, 3.05) is 14.1 Å². The van der Waals surface area contributed by atoms with Gasteiger partial charge in [-0.05, 0) is 32.2 Å². The van der Waals surface area contributed by atoms with Crippen molar-refractivity contribution in [3.8, 4) is 0 Å². The third-order valence-electron chi connectivity index (χ3n) is 3.51. The summed E-state index contributed by atoms with van der Waals surface area (Å²) in [6.45, 7) is 3.91. The molecule has 0 aliphatic heterocycles. The Bertz CT molecular complexity index is 713. The van der Waals surface area contributed by atoms with Gasteiger partial charge in [0.05, 0.1) is 10.4 Å². The van der Waals surface area contributed by atoms with E-state index in [-0.39, 0.29) is 15.0 Å². The van der Waals surface area contributed by atoms with Crippen LogP contribution in [-0.2, 0) is 14.8 Å². The average molecular weight is 383 g/mol. The third-order valence-corrected chi connectivity index (χ3v) is 6.74. The maximum atomic E-state index is 12.5. The van der Waals surface area contributed by atoms with E-state index in [1.165, 1.54) is 6.07 Å². The second kappa shape index (κ2) is 6.59. The van der Waals surface area contributed by atoms with Gasteiger partial charge in [0.1, 0.15) is 9.23 Å². The van der Waals surface area contributed by atoms with Crippen LogP contribution in [0.5, 0.6) is 0 Å². The number of likely N-dealkylation sites (N-methyl/N-ethyl adjacent to an activating group) is 1. The quantitative estimate of drug-likeness (QED) is 0.812. The first-order valence-electron chi connectivity index (χ1n) is 6.48. The number of sulfonamides is 1. The van der Waals surface area contributed by atoms with E-state index in [2.05, 4.69) is 11.3 Å². The standard InChI is InChI=1S/C13H16Cl2N2O3S2/c1-7-8(4-5-9(18)12(7)17(2)3)16-22(19,20)10-6-11(14)21-13(10)15/h6,8,12,16H,1,4-5H2,2-3H3. The number of ketones is 1. The van der Waals surface area contributed by atoms with Crippen LogP contribution >= 0.6 is 34.5 Å². The van der Waals surface area contributed by atoms with Gasteiger partial charge in [-0.15, -0.1) is 11.3 Å². The summed E-state index contributed by atoms with van der Waals surface area (Å²) in [5, 5.41) is 0. The van der Waals surface area contributed by atoms with Crippen LogP contribution in [0.2, 0.25) is 8.67 Å². The van der Waals surface area contributed by atoms with Crippen molar-refractivity contribution >= 4 is 50.3 Å². The molecule has 0 amide bonds. The largest absolute Gasteiger partial charge is 0.298 e. The van der Waals surface area contributed by atoms with Gasteiger partial charge in [0.25, 0.3) is 0 Å². The van der Waals surface area contributed by atoms with Crippen molar-refractivity contribution < 1.29 is 13.2 Å². The molecule has 1 aliphatic rings. The Kier molecular flexibility index (Phi) is 5.36. The van der Waals surface area contributed by atoms with E-state index < -0.39 is 22.1 Å². The number of halogens is 2. The maximum Gasteiger partial charge on any atom is 0.243 e. The molecule has 1 fully saturated rings. The van der Waals surface area contributed by atoms with Gasteiger partial charge in [-0.2, -0.15) is 0 Å². The summed E-state index contributed by atoms with van der Waals surface area (Å²) in [5.41, 5.74) is 0.544. The first-order chi connectivity index (χ1) is 10.1. The number of nitrogens with zero attached hydrogens (tertiary/aromatic N) is 1. The van der Waals surface area contributed by atoms with Gasteiger partial charge in [-0.25, -0.2) is 13.1 Å². The van der Waals surface area contributed by atoms with Gasteiger partial charge in [-0.1, -0.05) is 29.8 Å². The van der Waals surface area contributed by atoms with Crippen molar-refractivity contribution in [3.63, 3.8) is 0 Å². The molecule has 1 aromatic heterocycles. The van der Waals surface area contributed by atoms with E-state index in [0.29, 0.717) is 22.8 Å². The number of hydrogen-bond acceptors (Lipinski definition) is 5. The molecule has 0 bridgehead atoms. The summed E-state index contributed by atoms with van der Waals surface area (Å²) in [4.78, 5) is 13.7. The normalized spacial score (nSPS) is 23.3. The molecule has 122 valence electrons. The number of Topliss-reactive ketones (excluding diaryl/α,β-unsaturated/α-hetero) is 1. The van der Waals surface area contributed by atoms with E-state index in [1.807, 2.05) is 0 Å². The van der Waals surface area contributed by atoms with Gasteiger partial charge in [0.15, 0.2) is 5.78 Å². The van der Waals surface area contributed by atoms with Crippen LogP contribution in [0.25, 0.3) is 0 Å². The molecule has 22 heavy (non-hydrogen) atoms. The van der Waals surface area contributed by atoms with Crippen molar-refractivity contribution in [1.82, 2.24) is 9.62 Å². The van der Waals surface area contributed by atoms with Crippen LogP contribution < -0.4 is 4.72 Å². The van der Waals surface area contributed by atoms with Gasteiger partial charge in [0.2, 0.25) is 10.0 Å². The zero-order valence-corrected chi connectivity index (χ0v) is 15.2. The predicted molar refractivity (Wildman–Crippen MR) is 89.3 cm³/mol. The Labute approximate surface area is 143 Å². The summed E-state index contributed by atoms with van der Waals surface area (Å²) < 4.78 is 27.9. The zero-order valence-electron chi connectivity index (χ0n) is 12.1. The number of rotatable bonds is 4. The Morgan fingerprint density at radius 1 is 1.41 bits per heavy atom. The topological polar surface area (TPSA) is 66.5 Å². The number of nitrogens with one attached hydrogen (secondary N) is 1. The molecule has 1 saturated carbocycles. The molecule has 0 spiro atoms. The Balaban J connectivity index is 2.25. The highest BCUT2D eigenvalue weighted by molar-refractivity contribution is 7.89. The fourth-order valence-corrected chi connectivity index (χ4v) is 5.94. The molecule has 1 N–H and O–H groups in total. The molecule has 0 radical (unpaired) electrons. The lowest BCUT2D eigenvalue weighted by atomic mass is 9.85. The lowest BCUT2D eigenvalue weighted by Gasteiger charge is -2.34. The first-order valence-corrected chi connectivity index (χ1v) is 9.54. The minimum absolute atomic E-state index is 0.0436. The summed E-state index contributed by atoms with van der Waals surface area (Å²) in [7, 11) is -0.288. The molecular formula is C13H16Cl2N2O3S2. The first kappa shape index (κ1) is 17.9. The zero-order chi connectivity index (χ0) is 16.7. The number of hydrogen-bond donors (Lipinski definition) is 1. The summed E-state index contributed by atoms with van der Waals surface area (Å²) in [6.07, 6.45) is 0.684. The second-order valence-corrected chi connectivity index (χ2v) is 9.28. The molecule has 0 saturated heterocycles. The van der Waals surface area contributed by atoms with E-state index in [9.17, 15) is 13.2 Å². The SMILES string of the molecule is C=C1C(NS(=O)(=O)c2cc(Cl)sc2Cl)CCC(=O)C1N(C)C. The molecule has 5 nitrogen and oxygen atoms in total. The molecule has 1 heterocycles. The van der Waals surface area contributed by atoms with Gasteiger partial charge >= 0.3 is 0 Å². The van der Waals surface area contributed by atoms with E-state index >= 15 is 0 Å². The number of carbonyl (C=O) groups excluding carboxylic acids is 1. The highest BCUT2D eigenvalue weighted by Gasteiger charge is 2.36. The van der Waals surface area contributed by atoms with Gasteiger partial charge in [-0.3, -0.25) is 9.69 Å². The second-order valence-electron chi connectivity index (χ2n) is 5.31. The van der Waals surface area contributed by atoms with Crippen LogP contribution in [0.15, 0.2) is 23.1 Å². The predicted octanol–water partition coefficient (Wildman–Crippen LogP) is 2.55. The fourth-order valence-electron chi connectivity index (χ4n) is 2.52. The number of carbonyl (C=O) groups is 1. The lowest BCUT2D eigenvalue weighted by molar-refractivity contribution is -0.123. The minimum Gasteiger partial charge on any atom is -0.298 e. The third kappa shape index (κ3) is 3.55.